The lowest BCUT2D eigenvalue weighted by atomic mass is 10.1. The smallest absolute Gasteiger partial charge is 0.323 e. The number of hydrogen-bond donors (Lipinski definition) is 2. The third-order valence-corrected chi connectivity index (χ3v) is 3.89. The average Bonchev–Trinajstić information content (AvgIpc) is 3.27. The number of carboxylic acids is 1. The van der Waals surface area contributed by atoms with E-state index in [0.717, 1.165) is 5.56 Å². The molecule has 0 aromatic heterocycles. The number of nitrogens with zero attached hydrogens (tertiary/aromatic N) is 1. The number of nitrogens with one attached hydrogen (secondary N) is 1. The van der Waals surface area contributed by atoms with Crippen molar-refractivity contribution in [3.8, 4) is 0 Å². The monoisotopic (exact) mass is 290 g/mol. The van der Waals surface area contributed by atoms with Crippen LogP contribution in [0.4, 0.5) is 10.5 Å². The lowest BCUT2D eigenvalue weighted by Gasteiger charge is -2.22. The number of rotatable bonds is 6. The molecule has 5 nitrogen and oxygen atoms in total. The highest BCUT2D eigenvalue weighted by atomic mass is 16.4. The summed E-state index contributed by atoms with van der Waals surface area (Å²) in [4.78, 5) is 24.5. The first-order valence-electron chi connectivity index (χ1n) is 7.31. The number of carbonyl (C=O) groups excluding carboxylic acids is 1. The minimum Gasteiger partial charge on any atom is -0.480 e. The molecule has 21 heavy (non-hydrogen) atoms. The molecule has 0 bridgehead atoms. The molecule has 0 aliphatic heterocycles. The fraction of sp³-hybridized carbons (Fsp3) is 0.500. The van der Waals surface area contributed by atoms with Crippen molar-refractivity contribution < 1.29 is 14.7 Å². The third kappa shape index (κ3) is 4.48. The van der Waals surface area contributed by atoms with Crippen molar-refractivity contribution >= 4 is 17.7 Å². The number of carboxylic acid groups (broad SMARTS) is 1. The molecule has 1 unspecified atom stereocenters. The number of aliphatic carboxylic acids is 1. The van der Waals surface area contributed by atoms with Gasteiger partial charge in [0.25, 0.3) is 0 Å². The molecule has 5 heteroatoms. The van der Waals surface area contributed by atoms with Gasteiger partial charge in [-0.25, -0.2) is 4.79 Å². The SMILES string of the molecule is Cc1ccc(N(CC(=O)O)C(=O)NCC(C)C2CC2)cc1. The van der Waals surface area contributed by atoms with Crippen LogP contribution in [0.5, 0.6) is 0 Å². The van der Waals surface area contributed by atoms with Crippen molar-refractivity contribution in [2.24, 2.45) is 11.8 Å². The van der Waals surface area contributed by atoms with E-state index in [1.807, 2.05) is 19.1 Å². The van der Waals surface area contributed by atoms with Crippen LogP contribution in [0, 0.1) is 18.8 Å². The highest BCUT2D eigenvalue weighted by Crippen LogP contribution is 2.36. The lowest BCUT2D eigenvalue weighted by Crippen LogP contribution is -2.44. The number of amides is 2. The van der Waals surface area contributed by atoms with E-state index < -0.39 is 5.97 Å². The summed E-state index contributed by atoms with van der Waals surface area (Å²) in [6, 6.07) is 6.91. The van der Waals surface area contributed by atoms with E-state index in [9.17, 15) is 9.59 Å². The number of carbonyl (C=O) groups is 2. The van der Waals surface area contributed by atoms with Crippen LogP contribution in [0.25, 0.3) is 0 Å². The maximum Gasteiger partial charge on any atom is 0.323 e. The van der Waals surface area contributed by atoms with Gasteiger partial charge in [-0.1, -0.05) is 24.6 Å². The van der Waals surface area contributed by atoms with Gasteiger partial charge in [0.05, 0.1) is 0 Å². The second-order valence-corrected chi connectivity index (χ2v) is 5.82. The molecule has 1 aromatic carbocycles. The Morgan fingerprint density at radius 1 is 1.33 bits per heavy atom. The first-order valence-corrected chi connectivity index (χ1v) is 7.31. The Bertz CT molecular complexity index is 509. The summed E-state index contributed by atoms with van der Waals surface area (Å²) in [5, 5.41) is 11.8. The number of hydrogen-bond acceptors (Lipinski definition) is 2. The highest BCUT2D eigenvalue weighted by Gasteiger charge is 2.28. The minimum absolute atomic E-state index is 0.341. The molecule has 1 aromatic rings. The predicted molar refractivity (Wildman–Crippen MR) is 81.4 cm³/mol. The molecule has 0 spiro atoms. The summed E-state index contributed by atoms with van der Waals surface area (Å²) < 4.78 is 0. The van der Waals surface area contributed by atoms with Gasteiger partial charge in [0, 0.05) is 12.2 Å². The van der Waals surface area contributed by atoms with E-state index in [-0.39, 0.29) is 12.6 Å². The van der Waals surface area contributed by atoms with Crippen LogP contribution < -0.4 is 10.2 Å². The molecule has 114 valence electrons. The summed E-state index contributed by atoms with van der Waals surface area (Å²) in [5.41, 5.74) is 1.66. The van der Waals surface area contributed by atoms with Crippen LogP contribution in [-0.2, 0) is 4.79 Å². The first kappa shape index (κ1) is 15.4. The summed E-state index contributed by atoms with van der Waals surface area (Å²) >= 11 is 0. The van der Waals surface area contributed by atoms with Crippen molar-refractivity contribution in [2.45, 2.75) is 26.7 Å². The molecule has 0 heterocycles. The van der Waals surface area contributed by atoms with Gasteiger partial charge in [-0.2, -0.15) is 0 Å². The molecule has 2 rings (SSSR count). The van der Waals surface area contributed by atoms with E-state index in [4.69, 9.17) is 5.11 Å². The van der Waals surface area contributed by atoms with Gasteiger partial charge < -0.3 is 10.4 Å². The Hall–Kier alpha value is -2.04. The molecule has 0 saturated heterocycles. The zero-order valence-corrected chi connectivity index (χ0v) is 12.5. The first-order chi connectivity index (χ1) is 9.97. The van der Waals surface area contributed by atoms with Crippen LogP contribution in [0.1, 0.15) is 25.3 Å². The molecule has 1 atom stereocenters. The van der Waals surface area contributed by atoms with Crippen molar-refractivity contribution in [3.05, 3.63) is 29.8 Å². The Kier molecular flexibility index (Phi) is 4.83. The standard InChI is InChI=1S/C16H22N2O3/c1-11-3-7-14(8-4-11)18(10-15(19)20)16(21)17-9-12(2)13-5-6-13/h3-4,7-8,12-13H,5-6,9-10H2,1-2H3,(H,17,21)(H,19,20). The lowest BCUT2D eigenvalue weighted by molar-refractivity contribution is -0.135. The van der Waals surface area contributed by atoms with Crippen LogP contribution >= 0.6 is 0 Å². The predicted octanol–water partition coefficient (Wildman–Crippen LogP) is 2.64. The number of benzene rings is 1. The topological polar surface area (TPSA) is 69.6 Å². The van der Waals surface area contributed by atoms with E-state index >= 15 is 0 Å². The van der Waals surface area contributed by atoms with Crippen LogP contribution in [0.3, 0.4) is 0 Å². The molecular weight excluding hydrogens is 268 g/mol. The second kappa shape index (κ2) is 6.61. The average molecular weight is 290 g/mol. The molecule has 1 aliphatic carbocycles. The molecule has 1 saturated carbocycles. The fourth-order valence-electron chi connectivity index (χ4n) is 2.32. The van der Waals surface area contributed by atoms with Crippen LogP contribution in [-0.4, -0.2) is 30.2 Å². The van der Waals surface area contributed by atoms with Gasteiger partial charge in [0.15, 0.2) is 0 Å². The Morgan fingerprint density at radius 3 is 2.48 bits per heavy atom. The van der Waals surface area contributed by atoms with Crippen molar-refractivity contribution in [1.82, 2.24) is 5.32 Å². The van der Waals surface area contributed by atoms with Gasteiger partial charge >= 0.3 is 12.0 Å². The number of aryl methyl sites for hydroxylation is 1. The summed E-state index contributed by atoms with van der Waals surface area (Å²) in [7, 11) is 0. The summed E-state index contributed by atoms with van der Waals surface area (Å²) in [5.74, 6) is 0.122. The minimum atomic E-state index is -1.03. The van der Waals surface area contributed by atoms with E-state index in [2.05, 4.69) is 12.2 Å². The van der Waals surface area contributed by atoms with Crippen molar-refractivity contribution in [1.29, 1.82) is 0 Å². The second-order valence-electron chi connectivity index (χ2n) is 5.82. The van der Waals surface area contributed by atoms with Crippen molar-refractivity contribution in [2.75, 3.05) is 18.0 Å². The molecule has 2 amide bonds. The molecular formula is C16H22N2O3. The van der Waals surface area contributed by atoms with Gasteiger partial charge in [-0.05, 0) is 43.7 Å². The molecule has 0 radical (unpaired) electrons. The fourth-order valence-corrected chi connectivity index (χ4v) is 2.32. The zero-order chi connectivity index (χ0) is 15.4. The van der Waals surface area contributed by atoms with E-state index in [0.29, 0.717) is 24.1 Å². The van der Waals surface area contributed by atoms with Crippen LogP contribution in [0.2, 0.25) is 0 Å². The molecule has 2 N–H and O–H groups in total. The molecule has 1 aliphatic rings. The quantitative estimate of drug-likeness (QED) is 0.846. The molecule has 1 fully saturated rings. The normalized spacial score (nSPS) is 15.3. The Labute approximate surface area is 125 Å². The number of urea groups is 1. The van der Waals surface area contributed by atoms with Gasteiger partial charge in [0.1, 0.15) is 6.54 Å². The third-order valence-electron chi connectivity index (χ3n) is 3.89. The van der Waals surface area contributed by atoms with Gasteiger partial charge in [-0.3, -0.25) is 9.69 Å². The van der Waals surface area contributed by atoms with E-state index in [1.54, 1.807) is 12.1 Å². The Morgan fingerprint density at radius 2 is 1.95 bits per heavy atom. The Balaban J connectivity index is 2.01. The van der Waals surface area contributed by atoms with Gasteiger partial charge in [-0.15, -0.1) is 0 Å². The number of anilines is 1. The van der Waals surface area contributed by atoms with Crippen molar-refractivity contribution in [3.63, 3.8) is 0 Å². The van der Waals surface area contributed by atoms with Crippen LogP contribution in [0.15, 0.2) is 24.3 Å². The summed E-state index contributed by atoms with van der Waals surface area (Å²) in [6.07, 6.45) is 2.46. The largest absolute Gasteiger partial charge is 0.480 e. The summed E-state index contributed by atoms with van der Waals surface area (Å²) in [6.45, 7) is 4.31. The maximum absolute atomic E-state index is 12.3. The maximum atomic E-state index is 12.3. The van der Waals surface area contributed by atoms with Gasteiger partial charge in [0.2, 0.25) is 0 Å². The van der Waals surface area contributed by atoms with E-state index in [1.165, 1.54) is 17.7 Å². The zero-order valence-electron chi connectivity index (χ0n) is 12.5. The highest BCUT2D eigenvalue weighted by molar-refractivity contribution is 5.96.